The van der Waals surface area contributed by atoms with Gasteiger partial charge in [0.05, 0.1) is 0 Å². The molecule has 1 rings (SSSR count). The maximum absolute atomic E-state index is 12.4. The van der Waals surface area contributed by atoms with E-state index in [1.165, 1.54) is 12.1 Å². The van der Waals surface area contributed by atoms with Crippen LogP contribution in [-0.2, 0) is 0 Å². The van der Waals surface area contributed by atoms with Crippen LogP contribution in [0.25, 0.3) is 5.57 Å². The number of benzene rings is 1. The van der Waals surface area contributed by atoms with Crippen molar-refractivity contribution in [1.82, 2.24) is 0 Å². The van der Waals surface area contributed by atoms with Crippen LogP contribution in [0.5, 0.6) is 0 Å². The molecule has 0 atom stereocenters. The fourth-order valence-corrected chi connectivity index (χ4v) is 1.09. The van der Waals surface area contributed by atoms with Crippen LogP contribution in [0.15, 0.2) is 36.6 Å². The van der Waals surface area contributed by atoms with Crippen LogP contribution < -0.4 is 0 Å². The Morgan fingerprint density at radius 3 is 2.07 bits per heavy atom. The molecule has 0 bridgehead atoms. The van der Waals surface area contributed by atoms with Crippen molar-refractivity contribution in [1.29, 1.82) is 0 Å². The van der Waals surface area contributed by atoms with E-state index >= 15 is 0 Å². The van der Waals surface area contributed by atoms with Gasteiger partial charge in [0, 0.05) is 0 Å². The van der Waals surface area contributed by atoms with Gasteiger partial charge in [0.25, 0.3) is 0 Å². The summed E-state index contributed by atoms with van der Waals surface area (Å²) in [7, 11) is 0. The molecule has 0 aliphatic rings. The van der Waals surface area contributed by atoms with Gasteiger partial charge in [-0.15, -0.1) is 5.73 Å². The van der Waals surface area contributed by atoms with Gasteiger partial charge in [0.2, 0.25) is 0 Å². The van der Waals surface area contributed by atoms with Crippen molar-refractivity contribution in [2.75, 3.05) is 0 Å². The SMILES string of the molecule is C=C=C(c1ccc(C)cc1)C(F)(F)F. The Morgan fingerprint density at radius 1 is 1.21 bits per heavy atom. The summed E-state index contributed by atoms with van der Waals surface area (Å²) >= 11 is 0. The van der Waals surface area contributed by atoms with Crippen LogP contribution in [-0.4, -0.2) is 6.18 Å². The average molecular weight is 198 g/mol. The molecule has 0 saturated carbocycles. The molecule has 0 fully saturated rings. The van der Waals surface area contributed by atoms with Crippen LogP contribution >= 0.6 is 0 Å². The average Bonchev–Trinajstić information content (AvgIpc) is 2.07. The van der Waals surface area contributed by atoms with Crippen molar-refractivity contribution in [3.05, 3.63) is 47.7 Å². The van der Waals surface area contributed by atoms with Gasteiger partial charge in [0.15, 0.2) is 0 Å². The zero-order valence-corrected chi connectivity index (χ0v) is 7.65. The molecule has 0 radical (unpaired) electrons. The highest BCUT2D eigenvalue weighted by atomic mass is 19.4. The van der Waals surface area contributed by atoms with E-state index in [2.05, 4.69) is 6.58 Å². The van der Waals surface area contributed by atoms with Gasteiger partial charge in [-0.05, 0) is 12.5 Å². The Bertz CT molecular complexity index is 365. The predicted molar refractivity (Wildman–Crippen MR) is 49.8 cm³/mol. The number of aryl methyl sites for hydroxylation is 1. The van der Waals surface area contributed by atoms with Gasteiger partial charge in [-0.25, -0.2) is 0 Å². The molecular formula is C11H9F3. The van der Waals surface area contributed by atoms with Gasteiger partial charge in [-0.1, -0.05) is 36.4 Å². The van der Waals surface area contributed by atoms with Crippen molar-refractivity contribution in [2.45, 2.75) is 13.1 Å². The molecule has 0 heterocycles. The molecule has 0 saturated heterocycles. The second-order valence-electron chi connectivity index (χ2n) is 2.92. The highest BCUT2D eigenvalue weighted by molar-refractivity contribution is 5.68. The molecule has 0 aliphatic heterocycles. The van der Waals surface area contributed by atoms with E-state index in [9.17, 15) is 13.2 Å². The van der Waals surface area contributed by atoms with Crippen molar-refractivity contribution in [3.63, 3.8) is 0 Å². The normalized spacial score (nSPS) is 10.9. The van der Waals surface area contributed by atoms with Crippen LogP contribution in [0.3, 0.4) is 0 Å². The Hall–Kier alpha value is -1.47. The second-order valence-corrected chi connectivity index (χ2v) is 2.92. The maximum Gasteiger partial charge on any atom is 0.424 e. The summed E-state index contributed by atoms with van der Waals surface area (Å²) in [6.07, 6.45) is -4.39. The zero-order valence-electron chi connectivity index (χ0n) is 7.65. The van der Waals surface area contributed by atoms with Gasteiger partial charge in [-0.3, -0.25) is 0 Å². The number of hydrogen-bond donors (Lipinski definition) is 0. The van der Waals surface area contributed by atoms with Crippen molar-refractivity contribution in [2.24, 2.45) is 0 Å². The first-order chi connectivity index (χ1) is 6.45. The first-order valence-corrected chi connectivity index (χ1v) is 3.99. The third kappa shape index (κ3) is 2.27. The van der Waals surface area contributed by atoms with Crippen LogP contribution in [0, 0.1) is 6.92 Å². The van der Waals surface area contributed by atoms with E-state index < -0.39 is 11.7 Å². The Labute approximate surface area is 80.4 Å². The molecule has 0 spiro atoms. The van der Waals surface area contributed by atoms with E-state index in [0.29, 0.717) is 0 Å². The summed E-state index contributed by atoms with van der Waals surface area (Å²) < 4.78 is 37.1. The molecule has 0 amide bonds. The van der Waals surface area contributed by atoms with Crippen LogP contribution in [0.1, 0.15) is 11.1 Å². The second kappa shape index (κ2) is 3.72. The molecule has 0 aromatic heterocycles. The third-order valence-electron chi connectivity index (χ3n) is 1.80. The summed E-state index contributed by atoms with van der Waals surface area (Å²) in [6.45, 7) is 4.86. The monoisotopic (exact) mass is 198 g/mol. The number of rotatable bonds is 1. The van der Waals surface area contributed by atoms with Crippen LogP contribution in [0.2, 0.25) is 0 Å². The van der Waals surface area contributed by atoms with Crippen molar-refractivity contribution >= 4 is 5.57 Å². The summed E-state index contributed by atoms with van der Waals surface area (Å²) in [5.41, 5.74) is 2.11. The summed E-state index contributed by atoms with van der Waals surface area (Å²) in [5.74, 6) is 0. The molecule has 0 nitrogen and oxygen atoms in total. The molecule has 1 aromatic rings. The Morgan fingerprint density at radius 2 is 1.71 bits per heavy atom. The number of hydrogen-bond acceptors (Lipinski definition) is 0. The summed E-state index contributed by atoms with van der Waals surface area (Å²) in [5, 5.41) is 0. The van der Waals surface area contributed by atoms with E-state index in [-0.39, 0.29) is 5.56 Å². The Kier molecular flexibility index (Phi) is 2.82. The molecule has 0 aliphatic carbocycles. The van der Waals surface area contributed by atoms with Gasteiger partial charge < -0.3 is 0 Å². The minimum absolute atomic E-state index is 0.0955. The first kappa shape index (κ1) is 10.6. The Balaban J connectivity index is 3.16. The van der Waals surface area contributed by atoms with Crippen molar-refractivity contribution < 1.29 is 13.2 Å². The molecule has 0 N–H and O–H groups in total. The minimum atomic E-state index is -4.39. The van der Waals surface area contributed by atoms with Gasteiger partial charge in [0.1, 0.15) is 5.57 Å². The topological polar surface area (TPSA) is 0 Å². The predicted octanol–water partition coefficient (Wildman–Crippen LogP) is 3.73. The largest absolute Gasteiger partial charge is 0.424 e. The van der Waals surface area contributed by atoms with E-state index in [1.807, 2.05) is 12.7 Å². The lowest BCUT2D eigenvalue weighted by Crippen LogP contribution is -2.09. The molecule has 0 unspecified atom stereocenters. The number of allylic oxidation sites excluding steroid dienone is 1. The van der Waals surface area contributed by atoms with Crippen LogP contribution in [0.4, 0.5) is 13.2 Å². The lowest BCUT2D eigenvalue weighted by atomic mass is 10.1. The van der Waals surface area contributed by atoms with Crippen molar-refractivity contribution in [3.8, 4) is 0 Å². The van der Waals surface area contributed by atoms with Gasteiger partial charge >= 0.3 is 6.18 Å². The smallest absolute Gasteiger partial charge is 0.165 e. The van der Waals surface area contributed by atoms with Gasteiger partial charge in [-0.2, -0.15) is 13.2 Å². The lowest BCUT2D eigenvalue weighted by Gasteiger charge is -2.09. The highest BCUT2D eigenvalue weighted by Crippen LogP contribution is 2.32. The molecule has 3 heteroatoms. The molecule has 1 aromatic carbocycles. The maximum atomic E-state index is 12.4. The van der Waals surface area contributed by atoms with E-state index in [0.717, 1.165) is 5.56 Å². The number of halogens is 3. The van der Waals surface area contributed by atoms with E-state index in [1.54, 1.807) is 12.1 Å². The summed E-state index contributed by atoms with van der Waals surface area (Å²) in [6, 6.07) is 6.07. The molecule has 74 valence electrons. The quantitative estimate of drug-likeness (QED) is 0.603. The fourth-order valence-electron chi connectivity index (χ4n) is 1.09. The highest BCUT2D eigenvalue weighted by Gasteiger charge is 2.34. The molecular weight excluding hydrogens is 189 g/mol. The third-order valence-corrected chi connectivity index (χ3v) is 1.80. The minimum Gasteiger partial charge on any atom is -0.165 e. The van der Waals surface area contributed by atoms with E-state index in [4.69, 9.17) is 0 Å². The first-order valence-electron chi connectivity index (χ1n) is 3.99. The fraction of sp³-hybridized carbons (Fsp3) is 0.182. The molecule has 14 heavy (non-hydrogen) atoms. The zero-order chi connectivity index (χ0) is 10.8. The lowest BCUT2D eigenvalue weighted by molar-refractivity contribution is -0.0687. The summed E-state index contributed by atoms with van der Waals surface area (Å²) in [4.78, 5) is 0. The number of alkyl halides is 3. The standard InChI is InChI=1S/C11H9F3/c1-3-10(11(12,13)14)9-6-4-8(2)5-7-9/h4-7H,1H2,2H3.